The van der Waals surface area contributed by atoms with Crippen LogP contribution >= 0.6 is 11.8 Å². The molecule has 0 aromatic carbocycles. The highest BCUT2D eigenvalue weighted by atomic mass is 32.2. The maximum absolute atomic E-state index is 11.4. The first-order valence-electron chi connectivity index (χ1n) is 6.52. The van der Waals surface area contributed by atoms with E-state index in [1.807, 2.05) is 19.3 Å². The smallest absolute Gasteiger partial charge is 0.278 e. The first kappa shape index (κ1) is 11.8. The maximum atomic E-state index is 11.4. The van der Waals surface area contributed by atoms with Gasteiger partial charge >= 0.3 is 0 Å². The van der Waals surface area contributed by atoms with Gasteiger partial charge in [-0.05, 0) is 42.8 Å². The highest BCUT2D eigenvalue weighted by Gasteiger charge is 2.37. The van der Waals surface area contributed by atoms with Gasteiger partial charge in [-0.2, -0.15) is 0 Å². The molecule has 1 atom stereocenters. The average Bonchev–Trinajstić information content (AvgIpc) is 3.01. The van der Waals surface area contributed by atoms with Crippen LogP contribution in [0.5, 0.6) is 0 Å². The second-order valence-electron chi connectivity index (χ2n) is 5.03. The molecule has 0 amide bonds. The molecule has 4 rings (SSSR count). The van der Waals surface area contributed by atoms with Crippen LogP contribution in [0.2, 0.25) is 0 Å². The summed E-state index contributed by atoms with van der Waals surface area (Å²) >= 11 is 1.57. The summed E-state index contributed by atoms with van der Waals surface area (Å²) in [6, 6.07) is 0. The number of fused-ring (bicyclic) bond motifs is 3. The Morgan fingerprint density at radius 1 is 1.45 bits per heavy atom. The molecule has 6 heteroatoms. The third kappa shape index (κ3) is 1.71. The van der Waals surface area contributed by atoms with Crippen molar-refractivity contribution >= 4 is 23.2 Å². The molecular weight excluding hydrogens is 272 g/mol. The highest BCUT2D eigenvalue weighted by molar-refractivity contribution is 8.03. The van der Waals surface area contributed by atoms with Crippen molar-refractivity contribution in [1.29, 1.82) is 0 Å². The van der Waals surface area contributed by atoms with Crippen LogP contribution in [-0.4, -0.2) is 26.0 Å². The summed E-state index contributed by atoms with van der Waals surface area (Å²) < 4.78 is 2.08. The van der Waals surface area contributed by atoms with Crippen LogP contribution in [-0.2, 0) is 0 Å². The number of hydrogen-bond acceptors (Lipinski definition) is 3. The third-order valence-corrected chi connectivity index (χ3v) is 4.80. The van der Waals surface area contributed by atoms with Gasteiger partial charge in [0.1, 0.15) is 11.5 Å². The average molecular weight is 285 g/mol. The van der Waals surface area contributed by atoms with Gasteiger partial charge in [0.25, 0.3) is 5.88 Å². The largest absolute Gasteiger partial charge is 0.304 e. The maximum Gasteiger partial charge on any atom is 0.278 e. The molecule has 20 heavy (non-hydrogen) atoms. The lowest BCUT2D eigenvalue weighted by atomic mass is 9.91. The predicted octanol–water partition coefficient (Wildman–Crippen LogP) is 2.72. The van der Waals surface area contributed by atoms with Gasteiger partial charge in [-0.1, -0.05) is 6.08 Å². The van der Waals surface area contributed by atoms with Crippen LogP contribution in [0.15, 0.2) is 46.2 Å². The Hall–Kier alpha value is -1.95. The summed E-state index contributed by atoms with van der Waals surface area (Å²) in [6.45, 7) is 1.99. The van der Waals surface area contributed by atoms with E-state index in [1.165, 1.54) is 5.57 Å². The van der Waals surface area contributed by atoms with E-state index in [4.69, 9.17) is 0 Å². The van der Waals surface area contributed by atoms with Crippen molar-refractivity contribution in [3.8, 4) is 0 Å². The Morgan fingerprint density at radius 3 is 3.15 bits per heavy atom. The monoisotopic (exact) mass is 285 g/mol. The van der Waals surface area contributed by atoms with Crippen molar-refractivity contribution in [2.45, 2.75) is 13.3 Å². The van der Waals surface area contributed by atoms with E-state index in [1.54, 1.807) is 11.8 Å². The predicted molar refractivity (Wildman–Crippen MR) is 79.0 cm³/mol. The first-order valence-corrected chi connectivity index (χ1v) is 7.51. The van der Waals surface area contributed by atoms with Crippen molar-refractivity contribution in [3.05, 3.63) is 51.8 Å². The van der Waals surface area contributed by atoms with Crippen molar-refractivity contribution in [3.63, 3.8) is 0 Å². The van der Waals surface area contributed by atoms with Crippen LogP contribution in [0.1, 0.15) is 12.2 Å². The fourth-order valence-corrected chi connectivity index (χ4v) is 3.70. The van der Waals surface area contributed by atoms with Gasteiger partial charge in [-0.15, -0.1) is 0 Å². The Bertz CT molecular complexity index is 738. The number of allylic oxidation sites excluding steroid dienone is 6. The molecule has 5 nitrogen and oxygen atoms in total. The SMILES string of the molecule is Cc1nccn1C1=CCC2C(=C1)C=C1SC[N+](=O)N=C12. The minimum Gasteiger partial charge on any atom is -0.304 e. The van der Waals surface area contributed by atoms with Gasteiger partial charge in [0.2, 0.25) is 0 Å². The zero-order valence-electron chi connectivity index (χ0n) is 11.0. The fraction of sp³-hybridized carbons (Fsp3) is 0.286. The summed E-state index contributed by atoms with van der Waals surface area (Å²) in [7, 11) is 0. The van der Waals surface area contributed by atoms with Gasteiger partial charge in [-0.25, -0.2) is 4.98 Å². The summed E-state index contributed by atoms with van der Waals surface area (Å²) in [5.74, 6) is 1.60. The zero-order valence-corrected chi connectivity index (χ0v) is 11.8. The van der Waals surface area contributed by atoms with Gasteiger partial charge in [0.05, 0.1) is 4.91 Å². The number of aryl methyl sites for hydroxylation is 1. The number of hydrogen-bond donors (Lipinski definition) is 0. The zero-order chi connectivity index (χ0) is 13.7. The third-order valence-electron chi connectivity index (χ3n) is 3.81. The standard InChI is InChI=1S/C14H13N4OS/c1-9-15-4-5-17(9)11-2-3-12-10(6-11)7-13-14(12)16-18(19)8-20-13/h2,4-7,12H,3,8H2,1H3/q+1. The quantitative estimate of drug-likeness (QED) is 0.745. The molecule has 0 fully saturated rings. The van der Waals surface area contributed by atoms with Crippen LogP contribution in [0.4, 0.5) is 0 Å². The second kappa shape index (κ2) is 4.28. The van der Waals surface area contributed by atoms with Crippen molar-refractivity contribution < 1.29 is 4.87 Å². The molecule has 0 saturated heterocycles. The molecule has 3 aliphatic rings. The van der Waals surface area contributed by atoms with Crippen LogP contribution in [0.25, 0.3) is 5.70 Å². The van der Waals surface area contributed by atoms with E-state index in [9.17, 15) is 4.91 Å². The highest BCUT2D eigenvalue weighted by Crippen LogP contribution is 2.41. The molecule has 1 aliphatic heterocycles. The van der Waals surface area contributed by atoms with Crippen molar-refractivity contribution in [2.24, 2.45) is 11.0 Å². The van der Waals surface area contributed by atoms with E-state index in [-0.39, 0.29) is 5.92 Å². The molecule has 0 saturated carbocycles. The first-order chi connectivity index (χ1) is 9.72. The molecule has 1 aromatic heterocycles. The number of aromatic nitrogens is 2. The molecule has 0 radical (unpaired) electrons. The minimum atomic E-state index is 0.238. The van der Waals surface area contributed by atoms with Crippen molar-refractivity contribution in [1.82, 2.24) is 9.55 Å². The topological polar surface area (TPSA) is 50.3 Å². The Morgan fingerprint density at radius 2 is 2.35 bits per heavy atom. The number of thioether (sulfide) groups is 1. The van der Waals surface area contributed by atoms with E-state index in [0.717, 1.165) is 33.4 Å². The fourth-order valence-electron chi connectivity index (χ4n) is 2.84. The molecule has 100 valence electrons. The van der Waals surface area contributed by atoms with E-state index >= 15 is 0 Å². The molecule has 0 N–H and O–H groups in total. The summed E-state index contributed by atoms with van der Waals surface area (Å²) in [5.41, 5.74) is 3.32. The number of nitroso groups, excluding NO2 is 1. The molecule has 2 aliphatic carbocycles. The Labute approximate surface area is 120 Å². The molecule has 1 unspecified atom stereocenters. The lowest BCUT2D eigenvalue weighted by Gasteiger charge is -2.18. The Kier molecular flexibility index (Phi) is 2.53. The van der Waals surface area contributed by atoms with Crippen molar-refractivity contribution in [2.75, 3.05) is 5.88 Å². The Balaban J connectivity index is 1.74. The molecule has 1 aromatic rings. The van der Waals surface area contributed by atoms with Gasteiger partial charge < -0.3 is 4.57 Å². The van der Waals surface area contributed by atoms with E-state index in [2.05, 4.69) is 32.9 Å². The number of rotatable bonds is 1. The van der Waals surface area contributed by atoms with Gasteiger partial charge in [-0.3, -0.25) is 0 Å². The molecular formula is C14H13N4OS+. The van der Waals surface area contributed by atoms with Gasteiger partial charge in [0, 0.05) is 34.0 Å². The normalized spacial score (nSPS) is 24.4. The van der Waals surface area contributed by atoms with E-state index < -0.39 is 0 Å². The van der Waals surface area contributed by atoms with Crippen LogP contribution in [0, 0.1) is 17.7 Å². The molecule has 2 heterocycles. The number of nitrogens with zero attached hydrogens (tertiary/aromatic N) is 4. The summed E-state index contributed by atoms with van der Waals surface area (Å²) in [4.78, 5) is 17.6. The lowest BCUT2D eigenvalue weighted by Crippen LogP contribution is -2.20. The van der Waals surface area contributed by atoms with E-state index in [0.29, 0.717) is 5.88 Å². The van der Waals surface area contributed by atoms with Gasteiger partial charge in [0.15, 0.2) is 4.87 Å². The van der Waals surface area contributed by atoms with Crippen LogP contribution < -0.4 is 0 Å². The summed E-state index contributed by atoms with van der Waals surface area (Å²) in [5, 5.41) is 4.15. The van der Waals surface area contributed by atoms with Crippen LogP contribution in [0.3, 0.4) is 0 Å². The second-order valence-corrected chi connectivity index (χ2v) is 6.01. The number of imidazole rings is 1. The molecule has 0 spiro atoms. The minimum absolute atomic E-state index is 0.238. The lowest BCUT2D eigenvalue weighted by molar-refractivity contribution is -0.534. The summed E-state index contributed by atoms with van der Waals surface area (Å²) in [6.07, 6.45) is 11.2. The number of hydrazone groups is 1. The molecule has 0 bridgehead atoms.